The first-order valence-electron chi connectivity index (χ1n) is 10.0. The van der Waals surface area contributed by atoms with Crippen LogP contribution >= 0.6 is 0 Å². The Bertz CT molecular complexity index is 531. The molecule has 2 saturated carbocycles. The third-order valence-corrected chi connectivity index (χ3v) is 8.17. The zero-order valence-electron chi connectivity index (χ0n) is 15.8. The van der Waals surface area contributed by atoms with Gasteiger partial charge in [0.25, 0.3) is 0 Å². The zero-order chi connectivity index (χ0) is 17.2. The SMILES string of the molecule is C[C@@H]1[C@H]2CC[C@@]3(CO)CCCC=C3[C@]2(C)CCC12O[C@H](C)[C@@H](C)O2. The van der Waals surface area contributed by atoms with E-state index in [9.17, 15) is 5.11 Å². The fourth-order valence-electron chi connectivity index (χ4n) is 6.60. The third-order valence-electron chi connectivity index (χ3n) is 8.17. The molecule has 1 N–H and O–H groups in total. The highest BCUT2D eigenvalue weighted by molar-refractivity contribution is 5.31. The molecule has 3 fully saturated rings. The molecule has 4 aliphatic rings. The van der Waals surface area contributed by atoms with E-state index in [0.717, 1.165) is 25.7 Å². The number of ether oxygens (including phenoxy) is 2. The van der Waals surface area contributed by atoms with Gasteiger partial charge in [-0.25, -0.2) is 0 Å². The van der Waals surface area contributed by atoms with Crippen LogP contribution in [-0.2, 0) is 9.47 Å². The van der Waals surface area contributed by atoms with Crippen molar-refractivity contribution in [2.24, 2.45) is 22.7 Å². The first-order chi connectivity index (χ1) is 11.4. The summed E-state index contributed by atoms with van der Waals surface area (Å²) in [4.78, 5) is 0. The van der Waals surface area contributed by atoms with E-state index in [2.05, 4.69) is 33.8 Å². The van der Waals surface area contributed by atoms with Crippen molar-refractivity contribution in [3.8, 4) is 0 Å². The molecule has 0 aromatic heterocycles. The van der Waals surface area contributed by atoms with Crippen molar-refractivity contribution >= 4 is 0 Å². The molecule has 1 heterocycles. The number of aliphatic hydroxyl groups is 1. The topological polar surface area (TPSA) is 38.7 Å². The summed E-state index contributed by atoms with van der Waals surface area (Å²) >= 11 is 0. The largest absolute Gasteiger partial charge is 0.395 e. The van der Waals surface area contributed by atoms with Crippen LogP contribution in [0, 0.1) is 22.7 Å². The number of rotatable bonds is 1. The minimum atomic E-state index is -0.378. The summed E-state index contributed by atoms with van der Waals surface area (Å²) in [5.41, 5.74) is 1.83. The second-order valence-electron chi connectivity index (χ2n) is 9.26. The highest BCUT2D eigenvalue weighted by atomic mass is 16.8. The van der Waals surface area contributed by atoms with Gasteiger partial charge in [-0.3, -0.25) is 0 Å². The molecule has 0 aromatic rings. The predicted octanol–water partition coefficient (Wildman–Crippen LogP) is 4.44. The van der Waals surface area contributed by atoms with Crippen LogP contribution in [0.3, 0.4) is 0 Å². The quantitative estimate of drug-likeness (QED) is 0.720. The van der Waals surface area contributed by atoms with E-state index in [1.165, 1.54) is 19.3 Å². The molecular formula is C21H34O3. The lowest BCUT2D eigenvalue weighted by atomic mass is 9.46. The third kappa shape index (κ3) is 2.13. The maximum Gasteiger partial charge on any atom is 0.172 e. The van der Waals surface area contributed by atoms with Crippen LogP contribution in [0.15, 0.2) is 11.6 Å². The van der Waals surface area contributed by atoms with Crippen LogP contribution in [0.25, 0.3) is 0 Å². The molecular weight excluding hydrogens is 300 g/mol. The molecule has 0 aromatic carbocycles. The minimum absolute atomic E-state index is 0.0612. The molecule has 0 amide bonds. The summed E-state index contributed by atoms with van der Waals surface area (Å²) < 4.78 is 12.8. The number of hydrogen-bond acceptors (Lipinski definition) is 3. The van der Waals surface area contributed by atoms with Gasteiger partial charge >= 0.3 is 0 Å². The molecule has 136 valence electrons. The smallest absolute Gasteiger partial charge is 0.172 e. The zero-order valence-corrected chi connectivity index (χ0v) is 15.8. The lowest BCUT2D eigenvalue weighted by Gasteiger charge is -2.61. The molecule has 0 bridgehead atoms. The summed E-state index contributed by atoms with van der Waals surface area (Å²) in [6.07, 6.45) is 10.8. The van der Waals surface area contributed by atoms with Gasteiger partial charge in [0.1, 0.15) is 0 Å². The van der Waals surface area contributed by atoms with Crippen LogP contribution in [-0.4, -0.2) is 29.7 Å². The van der Waals surface area contributed by atoms with Gasteiger partial charge < -0.3 is 14.6 Å². The van der Waals surface area contributed by atoms with Crippen LogP contribution < -0.4 is 0 Å². The van der Waals surface area contributed by atoms with Gasteiger partial charge in [-0.15, -0.1) is 0 Å². The monoisotopic (exact) mass is 334 g/mol. The average Bonchev–Trinajstić information content (AvgIpc) is 2.87. The normalized spacial score (nSPS) is 50.3. The molecule has 3 aliphatic carbocycles. The van der Waals surface area contributed by atoms with Crippen molar-refractivity contribution in [3.63, 3.8) is 0 Å². The van der Waals surface area contributed by atoms with Gasteiger partial charge in [-0.2, -0.15) is 0 Å². The number of allylic oxidation sites excluding steroid dienone is 1. The Labute approximate surface area is 146 Å². The maximum absolute atomic E-state index is 10.2. The second kappa shape index (κ2) is 5.56. The molecule has 3 nitrogen and oxygen atoms in total. The van der Waals surface area contributed by atoms with Gasteiger partial charge in [0, 0.05) is 17.8 Å². The number of hydrogen-bond donors (Lipinski definition) is 1. The number of fused-ring (bicyclic) bond motifs is 3. The molecule has 0 unspecified atom stereocenters. The Kier molecular flexibility index (Phi) is 3.95. The standard InChI is InChI=1S/C21H34O3/c1-14-17-8-10-20(13-22)9-6-5-7-18(20)19(17,4)11-12-21(14)23-15(2)16(3)24-21/h7,14-17,22H,5-6,8-13H2,1-4H3/t14-,15-,16-,17-,19-,20-/m1/s1. The van der Waals surface area contributed by atoms with Gasteiger partial charge in [0.05, 0.1) is 18.8 Å². The van der Waals surface area contributed by atoms with Crippen molar-refractivity contribution in [1.29, 1.82) is 0 Å². The fraction of sp³-hybridized carbons (Fsp3) is 0.905. The van der Waals surface area contributed by atoms with Gasteiger partial charge in [-0.05, 0) is 63.7 Å². The Balaban J connectivity index is 1.68. The van der Waals surface area contributed by atoms with Crippen LogP contribution in [0.4, 0.5) is 0 Å². The summed E-state index contributed by atoms with van der Waals surface area (Å²) in [5, 5.41) is 10.2. The van der Waals surface area contributed by atoms with Crippen molar-refractivity contribution < 1.29 is 14.6 Å². The minimum Gasteiger partial charge on any atom is -0.395 e. The number of aliphatic hydroxyl groups excluding tert-OH is 1. The van der Waals surface area contributed by atoms with E-state index in [4.69, 9.17) is 9.47 Å². The van der Waals surface area contributed by atoms with Gasteiger partial charge in [0.15, 0.2) is 5.79 Å². The lowest BCUT2D eigenvalue weighted by Crippen LogP contribution is -2.57. The molecule has 3 heteroatoms. The molecule has 24 heavy (non-hydrogen) atoms. The van der Waals surface area contributed by atoms with Crippen molar-refractivity contribution in [2.45, 2.75) is 90.6 Å². The van der Waals surface area contributed by atoms with Crippen molar-refractivity contribution in [3.05, 3.63) is 11.6 Å². The summed E-state index contributed by atoms with van der Waals surface area (Å²) in [6, 6.07) is 0. The Morgan fingerprint density at radius 1 is 1.08 bits per heavy atom. The van der Waals surface area contributed by atoms with Gasteiger partial charge in [0.2, 0.25) is 0 Å². The predicted molar refractivity (Wildman–Crippen MR) is 94.5 cm³/mol. The molecule has 1 saturated heterocycles. The Morgan fingerprint density at radius 3 is 2.46 bits per heavy atom. The Hall–Kier alpha value is -0.380. The summed E-state index contributed by atoms with van der Waals surface area (Å²) in [6.45, 7) is 9.41. The van der Waals surface area contributed by atoms with Crippen LogP contribution in [0.1, 0.15) is 72.6 Å². The van der Waals surface area contributed by atoms with E-state index in [0.29, 0.717) is 18.4 Å². The lowest BCUT2D eigenvalue weighted by molar-refractivity contribution is -0.255. The fourth-order valence-corrected chi connectivity index (χ4v) is 6.60. The maximum atomic E-state index is 10.2. The van der Waals surface area contributed by atoms with E-state index in [1.54, 1.807) is 5.57 Å². The van der Waals surface area contributed by atoms with Crippen LogP contribution in [0.5, 0.6) is 0 Å². The molecule has 0 radical (unpaired) electrons. The van der Waals surface area contributed by atoms with E-state index < -0.39 is 0 Å². The first-order valence-corrected chi connectivity index (χ1v) is 10.0. The summed E-state index contributed by atoms with van der Waals surface area (Å²) in [7, 11) is 0. The van der Waals surface area contributed by atoms with Crippen molar-refractivity contribution in [2.75, 3.05) is 6.61 Å². The molecule has 6 atom stereocenters. The average molecular weight is 335 g/mol. The first kappa shape index (κ1) is 17.1. The molecule has 1 spiro atoms. The van der Waals surface area contributed by atoms with E-state index >= 15 is 0 Å². The highest BCUT2D eigenvalue weighted by Crippen LogP contribution is 2.65. The van der Waals surface area contributed by atoms with Gasteiger partial charge in [-0.1, -0.05) is 25.5 Å². The highest BCUT2D eigenvalue weighted by Gasteiger charge is 2.62. The van der Waals surface area contributed by atoms with E-state index in [-0.39, 0.29) is 28.8 Å². The molecule has 4 rings (SSSR count). The second-order valence-corrected chi connectivity index (χ2v) is 9.26. The summed E-state index contributed by atoms with van der Waals surface area (Å²) in [5.74, 6) is 0.619. The van der Waals surface area contributed by atoms with Crippen LogP contribution in [0.2, 0.25) is 0 Å². The van der Waals surface area contributed by atoms with E-state index in [1.807, 2.05) is 0 Å². The Morgan fingerprint density at radius 2 is 1.79 bits per heavy atom. The van der Waals surface area contributed by atoms with Crippen molar-refractivity contribution in [1.82, 2.24) is 0 Å². The molecule has 1 aliphatic heterocycles.